The molecular weight excluding hydrogens is 180 g/mol. The Balaban J connectivity index is 2.72. The minimum atomic E-state index is -0.993. The van der Waals surface area contributed by atoms with E-state index in [4.69, 9.17) is 5.26 Å². The second-order valence-corrected chi connectivity index (χ2v) is 3.19. The molecule has 1 atom stereocenters. The smallest absolute Gasteiger partial charge is 0.246 e. The summed E-state index contributed by atoms with van der Waals surface area (Å²) in [6.07, 6.45) is 3.60. The SMILES string of the molecule is CCC(C)(C#N)C(=O)Nc1ncc[nH]1. The zero-order valence-electron chi connectivity index (χ0n) is 8.16. The summed E-state index contributed by atoms with van der Waals surface area (Å²) in [5.74, 6) is 0.0300. The van der Waals surface area contributed by atoms with Crippen LogP contribution in [-0.4, -0.2) is 15.9 Å². The molecule has 5 nitrogen and oxygen atoms in total. The molecule has 0 radical (unpaired) electrons. The molecule has 14 heavy (non-hydrogen) atoms. The molecule has 1 rings (SSSR count). The van der Waals surface area contributed by atoms with Crippen molar-refractivity contribution in [1.82, 2.24) is 9.97 Å². The first-order valence-corrected chi connectivity index (χ1v) is 4.34. The van der Waals surface area contributed by atoms with Crippen LogP contribution in [0.4, 0.5) is 5.95 Å². The van der Waals surface area contributed by atoms with Crippen LogP contribution in [0, 0.1) is 16.7 Å². The number of hydrogen-bond donors (Lipinski definition) is 2. The van der Waals surface area contributed by atoms with Crippen LogP contribution in [0.25, 0.3) is 0 Å². The van der Waals surface area contributed by atoms with Gasteiger partial charge in [-0.2, -0.15) is 5.26 Å². The molecule has 2 N–H and O–H groups in total. The number of nitrogens with one attached hydrogen (secondary N) is 2. The maximum atomic E-state index is 11.6. The Labute approximate surface area is 82.2 Å². The van der Waals surface area contributed by atoms with Crippen molar-refractivity contribution in [3.05, 3.63) is 12.4 Å². The lowest BCUT2D eigenvalue weighted by Gasteiger charge is -2.17. The van der Waals surface area contributed by atoms with Crippen LogP contribution in [0.1, 0.15) is 20.3 Å². The average Bonchev–Trinajstić information content (AvgIpc) is 2.69. The normalized spacial score (nSPS) is 14.1. The summed E-state index contributed by atoms with van der Waals surface area (Å²) in [6, 6.07) is 1.99. The van der Waals surface area contributed by atoms with Crippen molar-refractivity contribution in [1.29, 1.82) is 5.26 Å². The van der Waals surface area contributed by atoms with E-state index in [9.17, 15) is 4.79 Å². The lowest BCUT2D eigenvalue weighted by Crippen LogP contribution is -2.31. The largest absolute Gasteiger partial charge is 0.331 e. The van der Waals surface area contributed by atoms with Gasteiger partial charge in [0.25, 0.3) is 0 Å². The van der Waals surface area contributed by atoms with Crippen LogP contribution in [-0.2, 0) is 4.79 Å². The highest BCUT2D eigenvalue weighted by atomic mass is 16.2. The number of imidazole rings is 1. The topological polar surface area (TPSA) is 81.6 Å². The van der Waals surface area contributed by atoms with Crippen molar-refractivity contribution >= 4 is 11.9 Å². The van der Waals surface area contributed by atoms with Gasteiger partial charge in [-0.1, -0.05) is 6.92 Å². The van der Waals surface area contributed by atoms with Gasteiger partial charge >= 0.3 is 0 Å². The minimum Gasteiger partial charge on any atom is -0.331 e. The molecule has 0 aromatic carbocycles. The Hall–Kier alpha value is -1.83. The van der Waals surface area contributed by atoms with Gasteiger partial charge in [-0.3, -0.25) is 10.1 Å². The standard InChI is InChI=1S/C9H12N4O/c1-3-9(2,6-10)7(14)13-8-11-4-5-12-8/h4-5H,3H2,1-2H3,(H2,11,12,13,14). The summed E-state index contributed by atoms with van der Waals surface area (Å²) in [7, 11) is 0. The molecule has 1 aromatic heterocycles. The Kier molecular flexibility index (Phi) is 2.87. The minimum absolute atomic E-state index is 0.336. The molecule has 0 fully saturated rings. The number of aromatic amines is 1. The zero-order valence-corrected chi connectivity index (χ0v) is 8.16. The number of carbonyl (C=O) groups is 1. The number of amides is 1. The second-order valence-electron chi connectivity index (χ2n) is 3.19. The van der Waals surface area contributed by atoms with Crippen molar-refractivity contribution in [2.24, 2.45) is 5.41 Å². The number of anilines is 1. The van der Waals surface area contributed by atoms with Crippen molar-refractivity contribution in [3.63, 3.8) is 0 Å². The fourth-order valence-electron chi connectivity index (χ4n) is 0.870. The third-order valence-corrected chi connectivity index (χ3v) is 2.19. The van der Waals surface area contributed by atoms with E-state index in [-0.39, 0.29) is 5.91 Å². The second kappa shape index (κ2) is 3.92. The Morgan fingerprint density at radius 1 is 1.86 bits per heavy atom. The molecule has 0 aliphatic rings. The molecule has 1 amide bonds. The summed E-state index contributed by atoms with van der Waals surface area (Å²) in [6.45, 7) is 3.40. The number of carbonyl (C=O) groups excluding carboxylic acids is 1. The van der Waals surface area contributed by atoms with Crippen LogP contribution in [0.2, 0.25) is 0 Å². The number of H-pyrrole nitrogens is 1. The van der Waals surface area contributed by atoms with Crippen molar-refractivity contribution in [2.75, 3.05) is 5.32 Å². The summed E-state index contributed by atoms with van der Waals surface area (Å²) in [4.78, 5) is 18.2. The summed E-state index contributed by atoms with van der Waals surface area (Å²) < 4.78 is 0. The predicted molar refractivity (Wildman–Crippen MR) is 51.2 cm³/mol. The van der Waals surface area contributed by atoms with Crippen LogP contribution < -0.4 is 5.32 Å². The van der Waals surface area contributed by atoms with E-state index in [2.05, 4.69) is 15.3 Å². The zero-order chi connectivity index (χ0) is 10.6. The first-order valence-electron chi connectivity index (χ1n) is 4.34. The van der Waals surface area contributed by atoms with Gasteiger partial charge in [0.1, 0.15) is 5.41 Å². The van der Waals surface area contributed by atoms with E-state index in [1.807, 2.05) is 6.07 Å². The lowest BCUT2D eigenvalue weighted by atomic mass is 9.88. The molecule has 1 heterocycles. The molecule has 1 aromatic rings. The summed E-state index contributed by atoms with van der Waals surface area (Å²) in [5, 5.41) is 11.4. The highest BCUT2D eigenvalue weighted by Gasteiger charge is 2.31. The quantitative estimate of drug-likeness (QED) is 0.757. The van der Waals surface area contributed by atoms with Crippen LogP contribution in [0.15, 0.2) is 12.4 Å². The summed E-state index contributed by atoms with van der Waals surface area (Å²) >= 11 is 0. The van der Waals surface area contributed by atoms with E-state index in [0.29, 0.717) is 12.4 Å². The maximum absolute atomic E-state index is 11.6. The molecule has 0 bridgehead atoms. The first-order chi connectivity index (χ1) is 6.62. The molecule has 0 aliphatic carbocycles. The number of nitriles is 1. The van der Waals surface area contributed by atoms with Gasteiger partial charge in [-0.15, -0.1) is 0 Å². The van der Waals surface area contributed by atoms with Crippen LogP contribution in [0.3, 0.4) is 0 Å². The summed E-state index contributed by atoms with van der Waals surface area (Å²) in [5.41, 5.74) is -0.993. The van der Waals surface area contributed by atoms with Crippen molar-refractivity contribution in [2.45, 2.75) is 20.3 Å². The van der Waals surface area contributed by atoms with Crippen molar-refractivity contribution < 1.29 is 4.79 Å². The van der Waals surface area contributed by atoms with Crippen LogP contribution >= 0.6 is 0 Å². The third-order valence-electron chi connectivity index (χ3n) is 2.19. The van der Waals surface area contributed by atoms with Crippen molar-refractivity contribution in [3.8, 4) is 6.07 Å². The Morgan fingerprint density at radius 2 is 2.57 bits per heavy atom. The molecule has 74 valence electrons. The van der Waals surface area contributed by atoms with E-state index in [1.165, 1.54) is 6.20 Å². The first kappa shape index (κ1) is 10.3. The van der Waals surface area contributed by atoms with E-state index in [0.717, 1.165) is 0 Å². The third kappa shape index (κ3) is 1.91. The van der Waals surface area contributed by atoms with E-state index < -0.39 is 5.41 Å². The molecular formula is C9H12N4O. The lowest BCUT2D eigenvalue weighted by molar-refractivity contribution is -0.122. The number of rotatable bonds is 3. The van der Waals surface area contributed by atoms with Gasteiger partial charge in [-0.25, -0.2) is 4.98 Å². The molecule has 0 spiro atoms. The highest BCUT2D eigenvalue weighted by Crippen LogP contribution is 2.21. The van der Waals surface area contributed by atoms with Gasteiger partial charge in [0.15, 0.2) is 0 Å². The molecule has 0 saturated carbocycles. The van der Waals surface area contributed by atoms with Gasteiger partial charge in [0.2, 0.25) is 11.9 Å². The fraction of sp³-hybridized carbons (Fsp3) is 0.444. The van der Waals surface area contributed by atoms with Gasteiger partial charge in [-0.05, 0) is 13.3 Å². The Morgan fingerprint density at radius 3 is 3.00 bits per heavy atom. The van der Waals surface area contributed by atoms with Crippen LogP contribution in [0.5, 0.6) is 0 Å². The Bertz CT molecular complexity index is 351. The molecule has 0 aliphatic heterocycles. The van der Waals surface area contributed by atoms with Gasteiger partial charge in [0.05, 0.1) is 6.07 Å². The predicted octanol–water partition coefficient (Wildman–Crippen LogP) is 1.29. The van der Waals surface area contributed by atoms with E-state index >= 15 is 0 Å². The van der Waals surface area contributed by atoms with Gasteiger partial charge < -0.3 is 4.98 Å². The fourth-order valence-corrected chi connectivity index (χ4v) is 0.870. The molecule has 0 saturated heterocycles. The highest BCUT2D eigenvalue weighted by molar-refractivity contribution is 5.95. The average molecular weight is 192 g/mol. The number of hydrogen-bond acceptors (Lipinski definition) is 3. The molecule has 5 heteroatoms. The number of nitrogens with zero attached hydrogens (tertiary/aromatic N) is 2. The molecule has 1 unspecified atom stereocenters. The monoisotopic (exact) mass is 192 g/mol. The van der Waals surface area contributed by atoms with Gasteiger partial charge in [0, 0.05) is 12.4 Å². The number of aromatic nitrogens is 2. The maximum Gasteiger partial charge on any atom is 0.246 e. The van der Waals surface area contributed by atoms with E-state index in [1.54, 1.807) is 20.0 Å².